The molecule has 56 valence electrons. The van der Waals surface area contributed by atoms with Gasteiger partial charge in [0.05, 0.1) is 0 Å². The van der Waals surface area contributed by atoms with Gasteiger partial charge < -0.3 is 4.57 Å². The number of hydrogen-bond acceptors (Lipinski definition) is 0. The van der Waals surface area contributed by atoms with Gasteiger partial charge in [-0.25, -0.2) is 0 Å². The van der Waals surface area contributed by atoms with Crippen LogP contribution in [-0.4, -0.2) is 4.57 Å². The number of nitrogens with zero attached hydrogens (tertiary/aromatic N) is 1. The summed E-state index contributed by atoms with van der Waals surface area (Å²) in [4.78, 5) is 0. The summed E-state index contributed by atoms with van der Waals surface area (Å²) in [7, 11) is 0. The maximum Gasteiger partial charge on any atom is 0.0489 e. The summed E-state index contributed by atoms with van der Waals surface area (Å²) in [5.41, 5.74) is 0.722. The first-order valence-electron chi connectivity index (χ1n) is 4.76. The molecule has 0 spiro atoms. The van der Waals surface area contributed by atoms with Gasteiger partial charge >= 0.3 is 0 Å². The lowest BCUT2D eigenvalue weighted by Crippen LogP contribution is -1.82. The van der Waals surface area contributed by atoms with E-state index in [0.29, 0.717) is 0 Å². The van der Waals surface area contributed by atoms with E-state index in [1.807, 2.05) is 12.1 Å². The van der Waals surface area contributed by atoms with E-state index in [-0.39, 0.29) is 0 Å². The maximum absolute atomic E-state index is 7.32. The second-order valence-corrected chi connectivity index (χ2v) is 3.21. The minimum absolute atomic E-state index is 0.722. The molecule has 11 heavy (non-hydrogen) atoms. The third kappa shape index (κ3) is 0.979. The molecule has 0 N–H and O–H groups in total. The van der Waals surface area contributed by atoms with Crippen molar-refractivity contribution in [2.75, 3.05) is 0 Å². The molecule has 0 saturated carbocycles. The Morgan fingerprint density at radius 3 is 3.18 bits per heavy atom. The zero-order valence-corrected chi connectivity index (χ0v) is 7.30. The molecule has 2 aromatic rings. The Kier molecular flexibility index (Phi) is 0.932. The van der Waals surface area contributed by atoms with Crippen LogP contribution in [0.2, 0.25) is 0 Å². The molecule has 1 aromatic carbocycles. The predicted octanol–water partition coefficient (Wildman–Crippen LogP) is 2.94. The highest BCUT2D eigenvalue weighted by Gasteiger charge is 1.98. The number of aryl methyl sites for hydroxylation is 1. The average molecular weight is 213 g/mol. The Labute approximate surface area is 78.0 Å². The van der Waals surface area contributed by atoms with Gasteiger partial charge in [0.2, 0.25) is 0 Å². The maximum atomic E-state index is 7.32. The highest BCUT2D eigenvalue weighted by Crippen LogP contribution is 2.23. The number of benzene rings is 1. The minimum Gasteiger partial charge on any atom is -0.351 e. The zero-order valence-electron chi connectivity index (χ0n) is 8.71. The molecule has 0 aliphatic carbocycles. The van der Waals surface area contributed by atoms with E-state index >= 15 is 0 Å². The van der Waals surface area contributed by atoms with E-state index in [4.69, 9.17) is 4.11 Å². The van der Waals surface area contributed by atoms with Gasteiger partial charge in [0.1, 0.15) is 0 Å². The average Bonchev–Trinajstić information content (AvgIpc) is 2.47. The molecule has 0 saturated heterocycles. The van der Waals surface area contributed by atoms with Gasteiger partial charge in [-0.05, 0) is 18.2 Å². The molecule has 2 rings (SSSR count). The molecule has 0 radical (unpaired) electrons. The van der Waals surface area contributed by atoms with Crippen LogP contribution >= 0.6 is 15.9 Å². The molecule has 0 amide bonds. The Morgan fingerprint density at radius 1 is 1.45 bits per heavy atom. The lowest BCUT2D eigenvalue weighted by molar-refractivity contribution is 0.969. The summed E-state index contributed by atoms with van der Waals surface area (Å²) in [5, 5.41) is 0.920. The third-order valence-electron chi connectivity index (χ3n) is 1.68. The summed E-state index contributed by atoms with van der Waals surface area (Å²) < 4.78 is 24.2. The highest BCUT2D eigenvalue weighted by molar-refractivity contribution is 9.10. The summed E-state index contributed by atoms with van der Waals surface area (Å²) in [5.74, 6) is 0. The molecular formula is C9H8BrN. The van der Waals surface area contributed by atoms with Crippen LogP contribution in [0.3, 0.4) is 0 Å². The number of aromatic nitrogens is 1. The van der Waals surface area contributed by atoms with E-state index in [1.54, 1.807) is 18.3 Å². The van der Waals surface area contributed by atoms with Gasteiger partial charge in [-0.15, -0.1) is 0 Å². The van der Waals surface area contributed by atoms with Crippen molar-refractivity contribution in [2.24, 2.45) is 6.98 Å². The Morgan fingerprint density at radius 2 is 2.36 bits per heavy atom. The van der Waals surface area contributed by atoms with Gasteiger partial charge in [0, 0.05) is 32.7 Å². The highest BCUT2D eigenvalue weighted by atomic mass is 79.9. The smallest absolute Gasteiger partial charge is 0.0489 e. The fourth-order valence-corrected chi connectivity index (χ4v) is 1.62. The molecule has 1 nitrogen and oxygen atoms in total. The van der Waals surface area contributed by atoms with E-state index in [2.05, 4.69) is 15.9 Å². The van der Waals surface area contributed by atoms with Crippen LogP contribution in [0.25, 0.3) is 10.9 Å². The van der Waals surface area contributed by atoms with Gasteiger partial charge in [0.25, 0.3) is 0 Å². The second kappa shape index (κ2) is 2.38. The lowest BCUT2D eigenvalue weighted by Gasteiger charge is -1.95. The van der Waals surface area contributed by atoms with Crippen LogP contribution in [0, 0.1) is 0 Å². The van der Waals surface area contributed by atoms with Crippen molar-refractivity contribution in [3.05, 3.63) is 34.9 Å². The molecule has 1 heterocycles. The zero-order chi connectivity index (χ0) is 10.3. The predicted molar refractivity (Wildman–Crippen MR) is 50.6 cm³/mol. The fraction of sp³-hybridized carbons (Fsp3) is 0.111. The van der Waals surface area contributed by atoms with E-state index in [9.17, 15) is 0 Å². The van der Waals surface area contributed by atoms with Crippen molar-refractivity contribution in [3.8, 4) is 0 Å². The van der Waals surface area contributed by atoms with Gasteiger partial charge in [-0.2, -0.15) is 0 Å². The van der Waals surface area contributed by atoms with Crippen molar-refractivity contribution in [1.82, 2.24) is 4.57 Å². The quantitative estimate of drug-likeness (QED) is 0.634. The largest absolute Gasteiger partial charge is 0.351 e. The number of fused-ring (bicyclic) bond motifs is 1. The van der Waals surface area contributed by atoms with Gasteiger partial charge in [0.15, 0.2) is 0 Å². The van der Waals surface area contributed by atoms with Crippen LogP contribution in [0.4, 0.5) is 0 Å². The van der Waals surface area contributed by atoms with Crippen molar-refractivity contribution in [3.63, 3.8) is 0 Å². The van der Waals surface area contributed by atoms with E-state index in [0.717, 1.165) is 15.4 Å². The Hall–Kier alpha value is -0.760. The molecule has 0 bridgehead atoms. The van der Waals surface area contributed by atoms with Crippen LogP contribution in [0.5, 0.6) is 0 Å². The molecule has 0 aliphatic rings. The molecular weight excluding hydrogens is 202 g/mol. The Bertz CT molecular complexity index is 472. The molecule has 0 atom stereocenters. The van der Waals surface area contributed by atoms with Crippen molar-refractivity contribution in [1.29, 1.82) is 0 Å². The third-order valence-corrected chi connectivity index (χ3v) is 2.37. The first-order valence-corrected chi connectivity index (χ1v) is 4.05. The van der Waals surface area contributed by atoms with Gasteiger partial charge in [-0.3, -0.25) is 0 Å². The summed E-state index contributed by atoms with van der Waals surface area (Å²) in [6.45, 7) is -2.11. The molecule has 1 aromatic heterocycles. The SMILES string of the molecule is [2H]C([2H])([2H])n1ccc2c(Br)cccc21. The van der Waals surface area contributed by atoms with Crippen molar-refractivity contribution < 1.29 is 4.11 Å². The summed E-state index contributed by atoms with van der Waals surface area (Å²) in [6.07, 6.45) is 1.59. The number of halogens is 1. The van der Waals surface area contributed by atoms with Crippen LogP contribution in [0.1, 0.15) is 4.11 Å². The lowest BCUT2D eigenvalue weighted by atomic mass is 10.2. The topological polar surface area (TPSA) is 4.93 Å². The van der Waals surface area contributed by atoms with E-state index < -0.39 is 6.98 Å². The molecule has 2 heteroatoms. The molecule has 0 aliphatic heterocycles. The van der Waals surface area contributed by atoms with Crippen molar-refractivity contribution >= 4 is 26.8 Å². The first kappa shape index (κ1) is 4.31. The van der Waals surface area contributed by atoms with Crippen LogP contribution < -0.4 is 0 Å². The summed E-state index contributed by atoms with van der Waals surface area (Å²) >= 11 is 3.38. The fourth-order valence-electron chi connectivity index (χ4n) is 1.13. The minimum atomic E-state index is -2.11. The standard InChI is InChI=1S/C9H8BrN/c1-11-6-5-7-8(10)3-2-4-9(7)11/h2-6H,1H3/i1D3. The normalized spacial score (nSPS) is 15.9. The van der Waals surface area contributed by atoms with Crippen LogP contribution in [-0.2, 0) is 6.98 Å². The monoisotopic (exact) mass is 212 g/mol. The Balaban J connectivity index is 2.76. The first-order chi connectivity index (χ1) is 6.50. The van der Waals surface area contributed by atoms with E-state index in [1.165, 1.54) is 4.57 Å². The van der Waals surface area contributed by atoms with Crippen LogP contribution in [0.15, 0.2) is 34.9 Å². The number of hydrogen-bond donors (Lipinski definition) is 0. The molecule has 0 unspecified atom stereocenters. The van der Waals surface area contributed by atoms with Gasteiger partial charge in [-0.1, -0.05) is 22.0 Å². The summed E-state index contributed by atoms with van der Waals surface area (Å²) in [6, 6.07) is 7.32. The second-order valence-electron chi connectivity index (χ2n) is 2.36. The molecule has 0 fully saturated rings. The van der Waals surface area contributed by atoms with Crippen molar-refractivity contribution in [2.45, 2.75) is 0 Å². The number of rotatable bonds is 0.